The molecular weight excluding hydrogens is 421 g/mol. The van der Waals surface area contributed by atoms with E-state index in [0.29, 0.717) is 24.7 Å². The number of nitrogens with zero attached hydrogens (tertiary/aromatic N) is 6. The number of piperazine rings is 1. The lowest BCUT2D eigenvalue weighted by Crippen LogP contribution is -2.49. The van der Waals surface area contributed by atoms with Gasteiger partial charge in [0.2, 0.25) is 10.0 Å². The second-order valence-corrected chi connectivity index (χ2v) is 8.56. The fraction of sp³-hybridized carbons (Fsp3) is 0.278. The summed E-state index contributed by atoms with van der Waals surface area (Å²) in [6, 6.07) is 5.32. The van der Waals surface area contributed by atoms with E-state index in [2.05, 4.69) is 15.0 Å². The van der Waals surface area contributed by atoms with E-state index in [1.165, 1.54) is 10.6 Å². The Kier molecular flexibility index (Phi) is 5.20. The number of rotatable bonds is 4. The topological polar surface area (TPSA) is 84.2 Å². The van der Waals surface area contributed by atoms with E-state index in [0.717, 1.165) is 24.3 Å². The molecule has 0 atom stereocenters. The molecular formula is C18H17F3N6O2S. The van der Waals surface area contributed by atoms with Crippen molar-refractivity contribution in [3.05, 3.63) is 60.9 Å². The van der Waals surface area contributed by atoms with Crippen molar-refractivity contribution >= 4 is 15.8 Å². The van der Waals surface area contributed by atoms with Crippen molar-refractivity contribution in [2.75, 3.05) is 31.1 Å². The average molecular weight is 438 g/mol. The summed E-state index contributed by atoms with van der Waals surface area (Å²) in [6.45, 7) is 1.15. The van der Waals surface area contributed by atoms with Crippen LogP contribution in [0.25, 0.3) is 5.82 Å². The second-order valence-electron chi connectivity index (χ2n) is 6.62. The van der Waals surface area contributed by atoms with Gasteiger partial charge in [-0.05, 0) is 24.3 Å². The molecule has 1 aliphatic heterocycles. The number of hydrogen-bond acceptors (Lipinski definition) is 6. The summed E-state index contributed by atoms with van der Waals surface area (Å²) in [6.07, 6.45) is 1.91. The predicted octanol–water partition coefficient (Wildman–Crippen LogP) is 2.19. The molecule has 1 aliphatic rings. The van der Waals surface area contributed by atoms with Gasteiger partial charge in [-0.1, -0.05) is 0 Å². The van der Waals surface area contributed by atoms with Gasteiger partial charge in [-0.2, -0.15) is 17.5 Å². The molecule has 2 aromatic heterocycles. The van der Waals surface area contributed by atoms with E-state index in [9.17, 15) is 21.6 Å². The average Bonchev–Trinajstić information content (AvgIpc) is 3.28. The Labute approximate surface area is 170 Å². The van der Waals surface area contributed by atoms with Gasteiger partial charge < -0.3 is 4.90 Å². The lowest BCUT2D eigenvalue weighted by atomic mass is 10.2. The first-order valence-electron chi connectivity index (χ1n) is 8.98. The van der Waals surface area contributed by atoms with Crippen molar-refractivity contribution < 1.29 is 21.6 Å². The standard InChI is InChI=1S/C18H17F3N6O2S/c19-18(20,21)14-1-3-15(4-2-14)30(28,29)27-9-7-25(8-10-27)16-11-17(24-12-23-16)26-6-5-22-13-26/h1-6,11-13H,7-10H2. The number of alkyl halides is 3. The van der Waals surface area contributed by atoms with Crippen LogP contribution in [-0.2, 0) is 16.2 Å². The number of halogens is 3. The Morgan fingerprint density at radius 1 is 0.933 bits per heavy atom. The van der Waals surface area contributed by atoms with Gasteiger partial charge in [-0.15, -0.1) is 0 Å². The van der Waals surface area contributed by atoms with Crippen LogP contribution in [0.5, 0.6) is 0 Å². The van der Waals surface area contributed by atoms with Crippen LogP contribution in [0.1, 0.15) is 5.56 Å². The van der Waals surface area contributed by atoms with Crippen molar-refractivity contribution in [1.82, 2.24) is 23.8 Å². The number of benzene rings is 1. The maximum atomic E-state index is 12.8. The highest BCUT2D eigenvalue weighted by Crippen LogP contribution is 2.30. The van der Waals surface area contributed by atoms with Crippen molar-refractivity contribution in [2.24, 2.45) is 0 Å². The molecule has 3 heterocycles. The van der Waals surface area contributed by atoms with Gasteiger partial charge in [0.15, 0.2) is 0 Å². The van der Waals surface area contributed by atoms with Gasteiger partial charge in [0.05, 0.1) is 10.5 Å². The summed E-state index contributed by atoms with van der Waals surface area (Å²) in [5.41, 5.74) is -0.885. The number of sulfonamides is 1. The Balaban J connectivity index is 1.46. The zero-order valence-corrected chi connectivity index (χ0v) is 16.4. The molecule has 0 N–H and O–H groups in total. The third-order valence-electron chi connectivity index (χ3n) is 4.79. The molecule has 1 aromatic carbocycles. The first-order chi connectivity index (χ1) is 14.2. The van der Waals surface area contributed by atoms with Crippen molar-refractivity contribution in [1.29, 1.82) is 0 Å². The molecule has 30 heavy (non-hydrogen) atoms. The third-order valence-corrected chi connectivity index (χ3v) is 6.70. The van der Waals surface area contributed by atoms with Crippen LogP contribution in [0.2, 0.25) is 0 Å². The molecule has 3 aromatic rings. The molecule has 158 valence electrons. The highest BCUT2D eigenvalue weighted by Gasteiger charge is 2.32. The van der Waals surface area contributed by atoms with Crippen LogP contribution >= 0.6 is 0 Å². The van der Waals surface area contributed by atoms with Crippen LogP contribution in [0.3, 0.4) is 0 Å². The van der Waals surface area contributed by atoms with Gasteiger partial charge >= 0.3 is 6.18 Å². The van der Waals surface area contributed by atoms with E-state index in [4.69, 9.17) is 0 Å². The van der Waals surface area contributed by atoms with E-state index < -0.39 is 21.8 Å². The number of anilines is 1. The van der Waals surface area contributed by atoms with Crippen LogP contribution in [-0.4, -0.2) is 58.4 Å². The van der Waals surface area contributed by atoms with Crippen LogP contribution in [0.15, 0.2) is 60.3 Å². The molecule has 0 unspecified atom stereocenters. The van der Waals surface area contributed by atoms with Gasteiger partial charge in [0.1, 0.15) is 24.3 Å². The summed E-state index contributed by atoms with van der Waals surface area (Å²) in [5, 5.41) is 0. The van der Waals surface area contributed by atoms with Crippen molar-refractivity contribution in [2.45, 2.75) is 11.1 Å². The second kappa shape index (κ2) is 7.69. The van der Waals surface area contributed by atoms with E-state index in [1.54, 1.807) is 29.4 Å². The first-order valence-corrected chi connectivity index (χ1v) is 10.4. The molecule has 0 bridgehead atoms. The normalized spacial score (nSPS) is 16.0. The van der Waals surface area contributed by atoms with Crippen LogP contribution < -0.4 is 4.90 Å². The Bertz CT molecular complexity index is 1110. The molecule has 0 amide bonds. The number of aromatic nitrogens is 4. The molecule has 0 spiro atoms. The maximum absolute atomic E-state index is 12.8. The number of imidazole rings is 1. The maximum Gasteiger partial charge on any atom is 0.416 e. The van der Waals surface area contributed by atoms with Crippen molar-refractivity contribution in [3.63, 3.8) is 0 Å². The Morgan fingerprint density at radius 3 is 2.20 bits per heavy atom. The summed E-state index contributed by atoms with van der Waals surface area (Å²) >= 11 is 0. The molecule has 8 nitrogen and oxygen atoms in total. The molecule has 0 aliphatic carbocycles. The highest BCUT2D eigenvalue weighted by molar-refractivity contribution is 7.89. The Hall–Kier alpha value is -2.99. The minimum atomic E-state index is -4.51. The highest BCUT2D eigenvalue weighted by atomic mass is 32.2. The van der Waals surface area contributed by atoms with Gasteiger partial charge in [-0.25, -0.2) is 23.4 Å². The zero-order valence-electron chi connectivity index (χ0n) is 15.6. The fourth-order valence-electron chi connectivity index (χ4n) is 3.17. The minimum absolute atomic E-state index is 0.159. The number of hydrogen-bond donors (Lipinski definition) is 0. The predicted molar refractivity (Wildman–Crippen MR) is 102 cm³/mol. The fourth-order valence-corrected chi connectivity index (χ4v) is 4.59. The summed E-state index contributed by atoms with van der Waals surface area (Å²) in [7, 11) is -3.88. The van der Waals surface area contributed by atoms with Crippen LogP contribution in [0.4, 0.5) is 19.0 Å². The molecule has 1 fully saturated rings. The van der Waals surface area contributed by atoms with Crippen molar-refractivity contribution in [3.8, 4) is 5.82 Å². The smallest absolute Gasteiger partial charge is 0.354 e. The minimum Gasteiger partial charge on any atom is -0.354 e. The quantitative estimate of drug-likeness (QED) is 0.621. The van der Waals surface area contributed by atoms with E-state index in [1.807, 2.05) is 4.90 Å². The SMILES string of the molecule is O=S(=O)(c1ccc(C(F)(F)F)cc1)N1CCN(c2cc(-n3ccnc3)ncn2)CC1. The van der Waals surface area contributed by atoms with Crippen LogP contribution in [0, 0.1) is 0 Å². The van der Waals surface area contributed by atoms with E-state index >= 15 is 0 Å². The first kappa shape index (κ1) is 20.3. The molecule has 4 rings (SSSR count). The summed E-state index contributed by atoms with van der Waals surface area (Å²) in [5.74, 6) is 1.29. The lowest BCUT2D eigenvalue weighted by molar-refractivity contribution is -0.137. The van der Waals surface area contributed by atoms with Gasteiger partial charge in [0.25, 0.3) is 0 Å². The van der Waals surface area contributed by atoms with Gasteiger partial charge in [0, 0.05) is 44.6 Å². The summed E-state index contributed by atoms with van der Waals surface area (Å²) < 4.78 is 66.7. The largest absolute Gasteiger partial charge is 0.416 e. The zero-order chi connectivity index (χ0) is 21.4. The summed E-state index contributed by atoms with van der Waals surface area (Å²) in [4.78, 5) is 14.2. The molecule has 0 radical (unpaired) electrons. The third kappa shape index (κ3) is 4.00. The van der Waals surface area contributed by atoms with E-state index in [-0.39, 0.29) is 18.0 Å². The molecule has 12 heteroatoms. The molecule has 0 saturated carbocycles. The van der Waals surface area contributed by atoms with Gasteiger partial charge in [-0.3, -0.25) is 4.57 Å². The molecule has 1 saturated heterocycles. The Morgan fingerprint density at radius 2 is 1.60 bits per heavy atom. The lowest BCUT2D eigenvalue weighted by Gasteiger charge is -2.34. The monoisotopic (exact) mass is 438 g/mol.